The Morgan fingerprint density at radius 3 is 2.42 bits per heavy atom. The Balaban J connectivity index is 1.32. The Labute approximate surface area is 152 Å². The second kappa shape index (κ2) is 7.44. The molecule has 26 heavy (non-hydrogen) atoms. The van der Waals surface area contributed by atoms with E-state index < -0.39 is 0 Å². The highest BCUT2D eigenvalue weighted by Gasteiger charge is 2.28. The quantitative estimate of drug-likeness (QED) is 0.665. The standard InChI is InChI=1S/C21H21N3O2/c25-21(24-11-5-10-20-22-12-13-23-20)26-14-19-17-8-3-1-6-15(17)16-7-2-4-9-18(16)19/h1-4,6-9,12-13,19H,5,10-11,14H2,(H,22,23)(H,24,25). The Bertz CT molecular complexity index is 844. The van der Waals surface area contributed by atoms with Gasteiger partial charge in [0.05, 0.1) is 0 Å². The fraction of sp³-hybridized carbons (Fsp3) is 0.238. The number of aromatic amines is 1. The molecule has 0 radical (unpaired) electrons. The minimum atomic E-state index is -0.369. The topological polar surface area (TPSA) is 67.0 Å². The van der Waals surface area contributed by atoms with Gasteiger partial charge in [0.25, 0.3) is 0 Å². The lowest BCUT2D eigenvalue weighted by Crippen LogP contribution is -2.27. The SMILES string of the molecule is O=C(NCCCc1ncc[nH]1)OCC1c2ccccc2-c2ccccc21. The third-order valence-electron chi connectivity index (χ3n) is 4.76. The van der Waals surface area contributed by atoms with E-state index in [0.29, 0.717) is 13.2 Å². The molecule has 4 rings (SSSR count). The van der Waals surface area contributed by atoms with Crippen molar-refractivity contribution in [2.45, 2.75) is 18.8 Å². The first-order valence-corrected chi connectivity index (χ1v) is 8.90. The van der Waals surface area contributed by atoms with E-state index in [-0.39, 0.29) is 12.0 Å². The average molecular weight is 347 g/mol. The van der Waals surface area contributed by atoms with Gasteiger partial charge in [0.2, 0.25) is 0 Å². The molecule has 0 fully saturated rings. The molecule has 0 unspecified atom stereocenters. The van der Waals surface area contributed by atoms with E-state index in [2.05, 4.69) is 39.6 Å². The summed E-state index contributed by atoms with van der Waals surface area (Å²) >= 11 is 0. The van der Waals surface area contributed by atoms with Crippen LogP contribution < -0.4 is 5.32 Å². The molecule has 1 aliphatic carbocycles. The first kappa shape index (κ1) is 16.4. The summed E-state index contributed by atoms with van der Waals surface area (Å²) in [6.45, 7) is 0.912. The van der Waals surface area contributed by atoms with Gasteiger partial charge >= 0.3 is 6.09 Å². The molecular weight excluding hydrogens is 326 g/mol. The zero-order valence-corrected chi connectivity index (χ0v) is 14.4. The van der Waals surface area contributed by atoms with Gasteiger partial charge in [0, 0.05) is 31.3 Å². The van der Waals surface area contributed by atoms with Crippen LogP contribution in [0.25, 0.3) is 11.1 Å². The second-order valence-corrected chi connectivity index (χ2v) is 6.39. The van der Waals surface area contributed by atoms with Crippen molar-refractivity contribution >= 4 is 6.09 Å². The van der Waals surface area contributed by atoms with Crippen LogP contribution in [0.4, 0.5) is 4.79 Å². The number of nitrogens with zero attached hydrogens (tertiary/aromatic N) is 1. The molecule has 1 aromatic heterocycles. The summed E-state index contributed by atoms with van der Waals surface area (Å²) in [7, 11) is 0. The number of amides is 1. The van der Waals surface area contributed by atoms with Crippen molar-refractivity contribution in [1.82, 2.24) is 15.3 Å². The third kappa shape index (κ3) is 3.33. The van der Waals surface area contributed by atoms with Gasteiger partial charge in [-0.3, -0.25) is 0 Å². The maximum absolute atomic E-state index is 12.0. The van der Waals surface area contributed by atoms with E-state index in [1.165, 1.54) is 22.3 Å². The highest BCUT2D eigenvalue weighted by molar-refractivity contribution is 5.79. The van der Waals surface area contributed by atoms with Crippen molar-refractivity contribution in [1.29, 1.82) is 0 Å². The number of rotatable bonds is 6. The van der Waals surface area contributed by atoms with E-state index in [1.807, 2.05) is 24.3 Å². The molecule has 0 saturated heterocycles. The number of imidazole rings is 1. The van der Waals surface area contributed by atoms with Crippen LogP contribution >= 0.6 is 0 Å². The number of carbonyl (C=O) groups excluding carboxylic acids is 1. The summed E-state index contributed by atoms with van der Waals surface area (Å²) in [5, 5.41) is 2.81. The highest BCUT2D eigenvalue weighted by atomic mass is 16.5. The lowest BCUT2D eigenvalue weighted by Gasteiger charge is -2.14. The van der Waals surface area contributed by atoms with Crippen molar-refractivity contribution in [2.75, 3.05) is 13.2 Å². The van der Waals surface area contributed by atoms with Crippen molar-refractivity contribution < 1.29 is 9.53 Å². The number of aryl methyl sites for hydroxylation is 1. The molecule has 2 N–H and O–H groups in total. The minimum absolute atomic E-state index is 0.0938. The van der Waals surface area contributed by atoms with Crippen molar-refractivity contribution in [3.8, 4) is 11.1 Å². The smallest absolute Gasteiger partial charge is 0.407 e. The molecule has 0 spiro atoms. The zero-order chi connectivity index (χ0) is 17.8. The normalized spacial score (nSPS) is 12.5. The van der Waals surface area contributed by atoms with E-state index in [4.69, 9.17) is 4.74 Å². The van der Waals surface area contributed by atoms with Gasteiger partial charge in [-0.05, 0) is 28.7 Å². The molecule has 0 aliphatic heterocycles. The van der Waals surface area contributed by atoms with Gasteiger partial charge in [-0.25, -0.2) is 9.78 Å². The Morgan fingerprint density at radius 1 is 1.08 bits per heavy atom. The second-order valence-electron chi connectivity index (χ2n) is 6.39. The van der Waals surface area contributed by atoms with E-state index >= 15 is 0 Å². The van der Waals surface area contributed by atoms with Gasteiger partial charge in [0.1, 0.15) is 12.4 Å². The lowest BCUT2D eigenvalue weighted by atomic mass is 9.98. The number of hydrogen-bond donors (Lipinski definition) is 2. The van der Waals surface area contributed by atoms with Crippen molar-refractivity contribution in [2.24, 2.45) is 0 Å². The number of fused-ring (bicyclic) bond motifs is 3. The van der Waals surface area contributed by atoms with E-state index in [9.17, 15) is 4.79 Å². The Hall–Kier alpha value is -3.08. The van der Waals surface area contributed by atoms with Crippen molar-refractivity contribution in [3.05, 3.63) is 77.9 Å². The van der Waals surface area contributed by atoms with Crippen LogP contribution in [0.2, 0.25) is 0 Å². The molecule has 5 nitrogen and oxygen atoms in total. The monoisotopic (exact) mass is 347 g/mol. The summed E-state index contributed by atoms with van der Waals surface area (Å²) < 4.78 is 5.50. The van der Waals surface area contributed by atoms with E-state index in [0.717, 1.165) is 18.7 Å². The lowest BCUT2D eigenvalue weighted by molar-refractivity contribution is 0.143. The van der Waals surface area contributed by atoms with Gasteiger partial charge in [-0.15, -0.1) is 0 Å². The number of aromatic nitrogens is 2. The fourth-order valence-electron chi connectivity index (χ4n) is 3.53. The maximum Gasteiger partial charge on any atom is 0.407 e. The fourth-order valence-corrected chi connectivity index (χ4v) is 3.53. The molecule has 5 heteroatoms. The molecule has 1 heterocycles. The van der Waals surface area contributed by atoms with Crippen LogP contribution in [-0.2, 0) is 11.2 Å². The summed E-state index contributed by atoms with van der Waals surface area (Å²) in [6.07, 6.45) is 4.78. The molecule has 0 bridgehead atoms. The maximum atomic E-state index is 12.0. The number of benzene rings is 2. The first-order valence-electron chi connectivity index (χ1n) is 8.90. The van der Waals surface area contributed by atoms with Crippen molar-refractivity contribution in [3.63, 3.8) is 0 Å². The molecular formula is C21H21N3O2. The molecule has 0 saturated carbocycles. The van der Waals surface area contributed by atoms with Crippen LogP contribution in [0.15, 0.2) is 60.9 Å². The Morgan fingerprint density at radius 2 is 1.77 bits per heavy atom. The van der Waals surface area contributed by atoms with E-state index in [1.54, 1.807) is 12.4 Å². The number of hydrogen-bond acceptors (Lipinski definition) is 3. The summed E-state index contributed by atoms with van der Waals surface area (Å²) in [6, 6.07) is 16.6. The number of alkyl carbamates (subject to hydrolysis) is 1. The molecule has 1 amide bonds. The molecule has 132 valence electrons. The van der Waals surface area contributed by atoms with Crippen LogP contribution in [-0.4, -0.2) is 29.2 Å². The summed E-state index contributed by atoms with van der Waals surface area (Å²) in [4.78, 5) is 19.2. The van der Waals surface area contributed by atoms with Crippen LogP contribution in [0.3, 0.4) is 0 Å². The minimum Gasteiger partial charge on any atom is -0.449 e. The van der Waals surface area contributed by atoms with Crippen LogP contribution in [0, 0.1) is 0 Å². The van der Waals surface area contributed by atoms with Crippen LogP contribution in [0.5, 0.6) is 0 Å². The zero-order valence-electron chi connectivity index (χ0n) is 14.4. The number of nitrogens with one attached hydrogen (secondary N) is 2. The van der Waals surface area contributed by atoms with Gasteiger partial charge in [-0.2, -0.15) is 0 Å². The van der Waals surface area contributed by atoms with Gasteiger partial charge in [-0.1, -0.05) is 48.5 Å². The van der Waals surface area contributed by atoms with Gasteiger partial charge < -0.3 is 15.0 Å². The summed E-state index contributed by atoms with van der Waals surface area (Å²) in [5.41, 5.74) is 4.91. The third-order valence-corrected chi connectivity index (χ3v) is 4.76. The predicted molar refractivity (Wildman–Crippen MR) is 100.0 cm³/mol. The number of ether oxygens (including phenoxy) is 1. The summed E-state index contributed by atoms with van der Waals surface area (Å²) in [5.74, 6) is 1.02. The number of H-pyrrole nitrogens is 1. The van der Waals surface area contributed by atoms with Crippen LogP contribution in [0.1, 0.15) is 29.3 Å². The first-order chi connectivity index (χ1) is 12.8. The molecule has 3 aromatic rings. The molecule has 1 aliphatic rings. The molecule has 0 atom stereocenters. The predicted octanol–water partition coefficient (Wildman–Crippen LogP) is 3.88. The average Bonchev–Trinajstić information content (AvgIpc) is 3.30. The largest absolute Gasteiger partial charge is 0.449 e. The Kier molecular flexibility index (Phi) is 4.69. The number of carbonyl (C=O) groups is 1. The van der Waals surface area contributed by atoms with Gasteiger partial charge in [0.15, 0.2) is 0 Å². The molecule has 2 aromatic carbocycles. The highest BCUT2D eigenvalue weighted by Crippen LogP contribution is 2.44.